The highest BCUT2D eigenvalue weighted by Crippen LogP contribution is 2.09. The van der Waals surface area contributed by atoms with Crippen LogP contribution in [-0.4, -0.2) is 13.3 Å². The predicted molar refractivity (Wildman–Crippen MR) is 63.3 cm³/mol. The molecule has 1 aromatic rings. The van der Waals surface area contributed by atoms with Gasteiger partial charge in [-0.05, 0) is 11.1 Å². The molecule has 1 unspecified atom stereocenters. The second-order valence-electron chi connectivity index (χ2n) is 2.30. The average Bonchev–Trinajstić information content (AvgIpc) is 2.17. The van der Waals surface area contributed by atoms with Crippen molar-refractivity contribution in [1.29, 1.82) is 0 Å². The highest BCUT2D eigenvalue weighted by atomic mass is 79.9. The minimum Gasteiger partial charge on any atom is -0.750 e. The number of benzene rings is 1. The Balaban J connectivity index is 0.000000364. The van der Waals surface area contributed by atoms with E-state index in [9.17, 15) is 0 Å². The van der Waals surface area contributed by atoms with E-state index in [0.717, 1.165) is 10.7 Å². The smallest absolute Gasteiger partial charge is 0.0814 e. The van der Waals surface area contributed by atoms with E-state index >= 15 is 0 Å². The van der Waals surface area contributed by atoms with Crippen LogP contribution in [0.3, 0.4) is 0 Å². The van der Waals surface area contributed by atoms with Crippen LogP contribution in [0.15, 0.2) is 24.3 Å². The number of rotatable bonds is 2. The van der Waals surface area contributed by atoms with Gasteiger partial charge in [0.15, 0.2) is 0 Å². The van der Waals surface area contributed by atoms with Gasteiger partial charge in [0.1, 0.15) is 0 Å². The highest BCUT2D eigenvalue weighted by molar-refractivity contribution is 9.08. The molecule has 0 saturated heterocycles. The maximum Gasteiger partial charge on any atom is 0.0814 e. The summed E-state index contributed by atoms with van der Waals surface area (Å²) in [5.41, 5.74) is 2.65. The van der Waals surface area contributed by atoms with Gasteiger partial charge in [0.25, 0.3) is 0 Å². The van der Waals surface area contributed by atoms with Gasteiger partial charge in [0, 0.05) is 10.7 Å². The van der Waals surface area contributed by atoms with Gasteiger partial charge < -0.3 is 9.11 Å². The van der Waals surface area contributed by atoms with Crippen LogP contribution in [0.1, 0.15) is 11.1 Å². The van der Waals surface area contributed by atoms with Gasteiger partial charge in [-0.2, -0.15) is 0 Å². The second kappa shape index (κ2) is 8.55. The lowest BCUT2D eigenvalue weighted by Gasteiger charge is -1.96. The summed E-state index contributed by atoms with van der Waals surface area (Å²) < 4.78 is 24.1. The zero-order valence-electron chi connectivity index (χ0n) is 7.15. The van der Waals surface area contributed by atoms with Gasteiger partial charge in [-0.3, -0.25) is 0 Å². The van der Waals surface area contributed by atoms with Crippen molar-refractivity contribution < 1.29 is 13.3 Å². The molecule has 1 rings (SSSR count). The summed E-state index contributed by atoms with van der Waals surface area (Å²) in [4.78, 5) is 0. The molecule has 0 fully saturated rings. The summed E-state index contributed by atoms with van der Waals surface area (Å²) in [5, 5.41) is 1.88. The maximum atomic E-state index is 8.56. The van der Waals surface area contributed by atoms with Crippen LogP contribution in [0.4, 0.5) is 0 Å². The van der Waals surface area contributed by atoms with Gasteiger partial charge in [0.2, 0.25) is 0 Å². The third-order valence-corrected chi connectivity index (χ3v) is 2.63. The molecule has 3 nitrogen and oxygen atoms in total. The van der Waals surface area contributed by atoms with E-state index in [-0.39, 0.29) is 0 Å². The van der Waals surface area contributed by atoms with Gasteiger partial charge in [-0.1, -0.05) is 56.1 Å². The molecule has 0 aliphatic rings. The van der Waals surface area contributed by atoms with Gasteiger partial charge in [0.05, 0.1) is 11.4 Å². The molecule has 0 aliphatic heterocycles. The van der Waals surface area contributed by atoms with Crippen molar-refractivity contribution in [2.45, 2.75) is 10.7 Å². The molecule has 14 heavy (non-hydrogen) atoms. The van der Waals surface area contributed by atoms with E-state index in [1.807, 2.05) is 0 Å². The van der Waals surface area contributed by atoms with Crippen molar-refractivity contribution in [3.8, 4) is 0 Å². The monoisotopic (exact) mass is 343 g/mol. The molecular weight excluding hydrogens is 336 g/mol. The lowest BCUT2D eigenvalue weighted by molar-refractivity contribution is 0.436. The Morgan fingerprint density at radius 3 is 1.50 bits per heavy atom. The largest absolute Gasteiger partial charge is 0.750 e. The van der Waals surface area contributed by atoms with Crippen molar-refractivity contribution in [1.82, 2.24) is 0 Å². The minimum atomic E-state index is -2.86. The van der Waals surface area contributed by atoms with E-state index in [2.05, 4.69) is 56.1 Å². The van der Waals surface area contributed by atoms with Crippen LogP contribution in [-0.2, 0) is 22.0 Å². The van der Waals surface area contributed by atoms with Crippen LogP contribution >= 0.6 is 31.9 Å². The van der Waals surface area contributed by atoms with Crippen LogP contribution in [0.5, 0.6) is 0 Å². The minimum absolute atomic E-state index is 0.940. The highest BCUT2D eigenvalue weighted by Gasteiger charge is 1.89. The first kappa shape index (κ1) is 14.2. The fourth-order valence-corrected chi connectivity index (χ4v) is 1.47. The van der Waals surface area contributed by atoms with Gasteiger partial charge in [-0.15, -0.1) is 0 Å². The zero-order valence-corrected chi connectivity index (χ0v) is 11.1. The van der Waals surface area contributed by atoms with Crippen LogP contribution in [0.2, 0.25) is 0 Å². The topological polar surface area (TPSA) is 60.4 Å². The third kappa shape index (κ3) is 7.64. The summed E-state index contributed by atoms with van der Waals surface area (Å²) in [6.07, 6.45) is 0. The van der Waals surface area contributed by atoms with E-state index in [0.29, 0.717) is 0 Å². The third-order valence-electron chi connectivity index (χ3n) is 1.33. The quantitative estimate of drug-likeness (QED) is 0.662. The molecule has 80 valence electrons. The van der Waals surface area contributed by atoms with Crippen molar-refractivity contribution >= 4 is 43.2 Å². The fourth-order valence-electron chi connectivity index (χ4n) is 0.717. The summed E-state index contributed by atoms with van der Waals surface area (Å²) >= 11 is 3.92. The average molecular weight is 345 g/mol. The number of halogens is 2. The first-order valence-electron chi connectivity index (χ1n) is 3.58. The molecule has 0 amide bonds. The molecule has 0 aliphatic carbocycles. The molecule has 1 atom stereocenters. The second-order valence-corrected chi connectivity index (χ2v) is 3.86. The van der Waals surface area contributed by atoms with Crippen molar-refractivity contribution in [2.75, 3.05) is 0 Å². The Bertz CT molecular complexity index is 249. The van der Waals surface area contributed by atoms with Crippen molar-refractivity contribution in [2.24, 2.45) is 0 Å². The Morgan fingerprint density at radius 2 is 1.36 bits per heavy atom. The summed E-state index contributed by atoms with van der Waals surface area (Å²) in [5.74, 6) is 0. The Hall–Kier alpha value is 0.250. The molecule has 0 heterocycles. The Labute approximate surface area is 102 Å². The molecular formula is C8H9Br2O3S-. The molecule has 6 heteroatoms. The molecule has 1 N–H and O–H groups in total. The SMILES string of the molecule is BrCc1ccc(CBr)cc1.O=S([O-])O. The van der Waals surface area contributed by atoms with Gasteiger partial charge >= 0.3 is 0 Å². The van der Waals surface area contributed by atoms with Crippen molar-refractivity contribution in [3.63, 3.8) is 0 Å². The van der Waals surface area contributed by atoms with Gasteiger partial charge in [-0.25, -0.2) is 4.21 Å². The first-order chi connectivity index (χ1) is 6.60. The van der Waals surface area contributed by atoms with Crippen LogP contribution in [0, 0.1) is 0 Å². The Morgan fingerprint density at radius 1 is 1.14 bits per heavy atom. The number of hydrogen-bond donors (Lipinski definition) is 1. The van der Waals surface area contributed by atoms with E-state index in [1.165, 1.54) is 11.1 Å². The standard InChI is InChI=1S/C8H8Br2.H2O3S/c9-5-7-1-2-8(6-10)4-3-7;1-4(2)3/h1-4H,5-6H2;(H2,1,2,3)/p-1. The molecule has 0 bridgehead atoms. The Kier molecular flexibility index (Phi) is 8.70. The molecule has 0 aromatic heterocycles. The summed E-state index contributed by atoms with van der Waals surface area (Å²) in [6, 6.07) is 8.52. The molecule has 0 saturated carbocycles. The number of hydrogen-bond acceptors (Lipinski definition) is 2. The zero-order chi connectivity index (χ0) is 11.0. The first-order valence-corrected chi connectivity index (χ1v) is 6.85. The molecule has 0 spiro atoms. The summed E-state index contributed by atoms with van der Waals surface area (Å²) in [6.45, 7) is 0. The lowest BCUT2D eigenvalue weighted by Crippen LogP contribution is -1.78. The van der Waals surface area contributed by atoms with Crippen LogP contribution in [0.25, 0.3) is 0 Å². The normalized spacial score (nSPS) is 11.4. The number of alkyl halides is 2. The lowest BCUT2D eigenvalue weighted by atomic mass is 10.2. The van der Waals surface area contributed by atoms with Crippen molar-refractivity contribution in [3.05, 3.63) is 35.4 Å². The molecule has 1 aromatic carbocycles. The predicted octanol–water partition coefficient (Wildman–Crippen LogP) is 2.81. The van der Waals surface area contributed by atoms with Crippen LogP contribution < -0.4 is 0 Å². The summed E-state index contributed by atoms with van der Waals surface area (Å²) in [7, 11) is 0. The van der Waals surface area contributed by atoms with E-state index in [1.54, 1.807) is 0 Å². The van der Waals surface area contributed by atoms with E-state index in [4.69, 9.17) is 13.3 Å². The maximum absolute atomic E-state index is 8.56. The molecule has 0 radical (unpaired) electrons. The van der Waals surface area contributed by atoms with E-state index < -0.39 is 11.4 Å². The fraction of sp³-hybridized carbons (Fsp3) is 0.250.